The molecule has 144 valence electrons. The van der Waals surface area contributed by atoms with E-state index >= 15 is 0 Å². The van der Waals surface area contributed by atoms with Gasteiger partial charge in [-0.15, -0.1) is 0 Å². The van der Waals surface area contributed by atoms with Crippen molar-refractivity contribution in [1.29, 1.82) is 0 Å². The molecule has 8 nitrogen and oxygen atoms in total. The summed E-state index contributed by atoms with van der Waals surface area (Å²) in [6.07, 6.45) is 5.49. The van der Waals surface area contributed by atoms with Gasteiger partial charge in [-0.25, -0.2) is 9.36 Å². The van der Waals surface area contributed by atoms with Crippen LogP contribution in [0, 0.1) is 0 Å². The second-order valence-corrected chi connectivity index (χ2v) is 7.03. The third-order valence-electron chi connectivity index (χ3n) is 5.11. The van der Waals surface area contributed by atoms with E-state index in [-0.39, 0.29) is 17.2 Å². The summed E-state index contributed by atoms with van der Waals surface area (Å²) in [6, 6.07) is 10.6. The predicted molar refractivity (Wildman–Crippen MR) is 105 cm³/mol. The molecular formula is C20H22N6O2. The van der Waals surface area contributed by atoms with Gasteiger partial charge in [0.1, 0.15) is 0 Å². The van der Waals surface area contributed by atoms with Crippen LogP contribution < -0.4 is 11.1 Å². The Kier molecular flexibility index (Phi) is 5.12. The van der Waals surface area contributed by atoms with Crippen LogP contribution in [0.4, 0.5) is 0 Å². The second-order valence-electron chi connectivity index (χ2n) is 7.03. The standard InChI is InChI=1S/C20H22N6O2/c1-24-19(27)6-4-16(22-24)13-25-12-2-3-17(25)14-26-20(28)7-5-18(23-26)15-8-10-21-11-9-15/h4-11,17H,2-3,12-14H2,1H3. The highest BCUT2D eigenvalue weighted by atomic mass is 16.1. The summed E-state index contributed by atoms with van der Waals surface area (Å²) >= 11 is 0. The first-order chi connectivity index (χ1) is 13.6. The molecule has 0 amide bonds. The molecule has 0 N–H and O–H groups in total. The fourth-order valence-corrected chi connectivity index (χ4v) is 3.61. The molecule has 1 unspecified atom stereocenters. The maximum Gasteiger partial charge on any atom is 0.266 e. The molecule has 0 radical (unpaired) electrons. The van der Waals surface area contributed by atoms with Crippen LogP contribution in [-0.2, 0) is 20.1 Å². The molecular weight excluding hydrogens is 356 g/mol. The third kappa shape index (κ3) is 3.91. The van der Waals surface area contributed by atoms with Crippen LogP contribution in [0.3, 0.4) is 0 Å². The van der Waals surface area contributed by atoms with Crippen molar-refractivity contribution in [1.82, 2.24) is 29.4 Å². The van der Waals surface area contributed by atoms with Crippen LogP contribution in [0.5, 0.6) is 0 Å². The van der Waals surface area contributed by atoms with Crippen molar-refractivity contribution < 1.29 is 0 Å². The van der Waals surface area contributed by atoms with Crippen LogP contribution in [-0.4, -0.2) is 42.0 Å². The van der Waals surface area contributed by atoms with Crippen molar-refractivity contribution >= 4 is 0 Å². The molecule has 0 spiro atoms. The summed E-state index contributed by atoms with van der Waals surface area (Å²) in [5.41, 5.74) is 2.31. The first kappa shape index (κ1) is 18.2. The largest absolute Gasteiger partial charge is 0.293 e. The molecule has 0 saturated carbocycles. The van der Waals surface area contributed by atoms with Crippen molar-refractivity contribution in [3.63, 3.8) is 0 Å². The molecule has 4 heterocycles. The zero-order valence-electron chi connectivity index (χ0n) is 15.7. The minimum Gasteiger partial charge on any atom is -0.293 e. The summed E-state index contributed by atoms with van der Waals surface area (Å²) < 4.78 is 2.90. The molecule has 1 aliphatic rings. The van der Waals surface area contributed by atoms with Crippen LogP contribution in [0.1, 0.15) is 18.5 Å². The third-order valence-corrected chi connectivity index (χ3v) is 5.11. The number of nitrogens with zero attached hydrogens (tertiary/aromatic N) is 6. The Labute approximate surface area is 162 Å². The zero-order valence-corrected chi connectivity index (χ0v) is 15.7. The van der Waals surface area contributed by atoms with Crippen LogP contribution in [0.25, 0.3) is 11.3 Å². The summed E-state index contributed by atoms with van der Waals surface area (Å²) in [5, 5.41) is 8.88. The molecule has 3 aromatic heterocycles. The van der Waals surface area contributed by atoms with Gasteiger partial charge in [0.2, 0.25) is 0 Å². The SMILES string of the molecule is Cn1nc(CN2CCCC2Cn2nc(-c3ccncc3)ccc2=O)ccc1=O. The molecule has 1 fully saturated rings. The first-order valence-electron chi connectivity index (χ1n) is 9.36. The lowest BCUT2D eigenvalue weighted by Crippen LogP contribution is -2.37. The van der Waals surface area contributed by atoms with Gasteiger partial charge in [0.25, 0.3) is 11.1 Å². The normalized spacial score (nSPS) is 17.1. The number of aryl methyl sites for hydroxylation is 1. The highest BCUT2D eigenvalue weighted by Gasteiger charge is 2.26. The van der Waals surface area contributed by atoms with Crippen molar-refractivity contribution in [2.75, 3.05) is 6.54 Å². The molecule has 4 rings (SSSR count). The van der Waals surface area contributed by atoms with Gasteiger partial charge < -0.3 is 0 Å². The lowest BCUT2D eigenvalue weighted by Gasteiger charge is -2.24. The van der Waals surface area contributed by atoms with E-state index in [0.717, 1.165) is 36.3 Å². The van der Waals surface area contributed by atoms with Crippen LogP contribution >= 0.6 is 0 Å². The van der Waals surface area contributed by atoms with Gasteiger partial charge in [-0.3, -0.25) is 19.5 Å². The summed E-state index contributed by atoms with van der Waals surface area (Å²) in [4.78, 5) is 30.2. The number of hydrogen-bond donors (Lipinski definition) is 0. The number of hydrogen-bond acceptors (Lipinski definition) is 6. The molecule has 28 heavy (non-hydrogen) atoms. The number of aromatic nitrogens is 5. The molecule has 1 aliphatic heterocycles. The lowest BCUT2D eigenvalue weighted by atomic mass is 10.2. The molecule has 0 aromatic carbocycles. The summed E-state index contributed by atoms with van der Waals surface area (Å²) in [5.74, 6) is 0. The fraction of sp³-hybridized carbons (Fsp3) is 0.350. The number of pyridine rings is 1. The summed E-state index contributed by atoms with van der Waals surface area (Å²) in [6.45, 7) is 2.12. The highest BCUT2D eigenvalue weighted by molar-refractivity contribution is 5.56. The zero-order chi connectivity index (χ0) is 19.5. The maximum atomic E-state index is 12.4. The van der Waals surface area contributed by atoms with E-state index in [2.05, 4.69) is 20.1 Å². The van der Waals surface area contributed by atoms with Gasteiger partial charge in [-0.1, -0.05) is 0 Å². The van der Waals surface area contributed by atoms with Gasteiger partial charge in [0.15, 0.2) is 0 Å². The summed E-state index contributed by atoms with van der Waals surface area (Å²) in [7, 11) is 1.65. The molecule has 0 aliphatic carbocycles. The molecule has 0 bridgehead atoms. The van der Waals surface area contributed by atoms with E-state index in [1.54, 1.807) is 42.3 Å². The number of rotatable bonds is 5. The fourth-order valence-electron chi connectivity index (χ4n) is 3.61. The molecule has 1 saturated heterocycles. The number of likely N-dealkylation sites (tertiary alicyclic amines) is 1. The maximum absolute atomic E-state index is 12.4. The van der Waals surface area contributed by atoms with Gasteiger partial charge in [-0.05, 0) is 43.7 Å². The van der Waals surface area contributed by atoms with Gasteiger partial charge in [0.05, 0.1) is 17.9 Å². The Morgan fingerprint density at radius 2 is 1.79 bits per heavy atom. The van der Waals surface area contributed by atoms with Crippen molar-refractivity contribution in [3.8, 4) is 11.3 Å². The molecule has 1 atom stereocenters. The average Bonchev–Trinajstić information content (AvgIpc) is 3.14. The Morgan fingerprint density at radius 3 is 2.57 bits per heavy atom. The highest BCUT2D eigenvalue weighted by Crippen LogP contribution is 2.21. The van der Waals surface area contributed by atoms with Crippen LogP contribution in [0.2, 0.25) is 0 Å². The quantitative estimate of drug-likeness (QED) is 0.660. The minimum absolute atomic E-state index is 0.107. The van der Waals surface area contributed by atoms with Crippen molar-refractivity contribution in [2.45, 2.75) is 32.0 Å². The van der Waals surface area contributed by atoms with E-state index in [9.17, 15) is 9.59 Å². The predicted octanol–water partition coefficient (Wildman–Crippen LogP) is 1.06. The Bertz CT molecular complexity index is 1080. The van der Waals surface area contributed by atoms with Gasteiger partial charge in [-0.2, -0.15) is 10.2 Å². The second kappa shape index (κ2) is 7.85. The monoisotopic (exact) mass is 378 g/mol. The molecule has 8 heteroatoms. The topological polar surface area (TPSA) is 85.9 Å². The van der Waals surface area contributed by atoms with Crippen molar-refractivity contribution in [3.05, 3.63) is 75.2 Å². The average molecular weight is 378 g/mol. The van der Waals surface area contributed by atoms with E-state index in [1.807, 2.05) is 12.1 Å². The smallest absolute Gasteiger partial charge is 0.266 e. The Balaban J connectivity index is 1.53. The molecule has 3 aromatic rings. The van der Waals surface area contributed by atoms with E-state index in [4.69, 9.17) is 0 Å². The minimum atomic E-state index is -0.120. The Morgan fingerprint density at radius 1 is 1.00 bits per heavy atom. The van der Waals surface area contributed by atoms with Gasteiger partial charge in [0, 0.05) is 49.7 Å². The van der Waals surface area contributed by atoms with E-state index in [1.165, 1.54) is 10.7 Å². The Hall–Kier alpha value is -3.13. The first-order valence-corrected chi connectivity index (χ1v) is 9.36. The van der Waals surface area contributed by atoms with Crippen molar-refractivity contribution in [2.24, 2.45) is 7.05 Å². The van der Waals surface area contributed by atoms with Crippen LogP contribution in [0.15, 0.2) is 58.4 Å². The van der Waals surface area contributed by atoms with Gasteiger partial charge >= 0.3 is 0 Å². The van der Waals surface area contributed by atoms with E-state index in [0.29, 0.717) is 13.1 Å². The lowest BCUT2D eigenvalue weighted by molar-refractivity contribution is 0.213. The van der Waals surface area contributed by atoms with E-state index < -0.39 is 0 Å².